The predicted octanol–water partition coefficient (Wildman–Crippen LogP) is 0.779. The van der Waals surface area contributed by atoms with Gasteiger partial charge in [0.2, 0.25) is 10.7 Å². The van der Waals surface area contributed by atoms with Crippen LogP contribution in [0.15, 0.2) is 18.5 Å². The zero-order valence-corrected chi connectivity index (χ0v) is 15.2. The Morgan fingerprint density at radius 1 is 1.08 bits per heavy atom. The summed E-state index contributed by atoms with van der Waals surface area (Å²) in [5.74, 6) is 2.75. The minimum atomic E-state index is 0.624. The second-order valence-corrected chi connectivity index (χ2v) is 7.82. The van der Waals surface area contributed by atoms with E-state index in [2.05, 4.69) is 24.1 Å². The fourth-order valence-corrected chi connectivity index (χ4v) is 4.03. The molecule has 1 saturated heterocycles. The minimum Gasteiger partial charge on any atom is -0.330 e. The topological polar surface area (TPSA) is 56.2 Å². The van der Waals surface area contributed by atoms with Crippen molar-refractivity contribution in [3.8, 4) is 0 Å². The summed E-state index contributed by atoms with van der Waals surface area (Å²) in [7, 11) is 0. The van der Waals surface area contributed by atoms with Gasteiger partial charge in [-0.25, -0.2) is 9.97 Å². The standard InChI is InChI=1S/C17H23N7S/c25-17-23(20-15(13-2-3-13)24(17)14-4-5-14)12-21-8-10-22(11-9-21)16-18-6-1-7-19-16/h1,6-7,13-14H,2-5,8-12H2/p+1. The van der Waals surface area contributed by atoms with Gasteiger partial charge < -0.3 is 14.4 Å². The van der Waals surface area contributed by atoms with Gasteiger partial charge in [0, 0.05) is 24.4 Å². The zero-order chi connectivity index (χ0) is 16.8. The third kappa shape index (κ3) is 3.08. The van der Waals surface area contributed by atoms with E-state index in [9.17, 15) is 0 Å². The Hall–Kier alpha value is -1.80. The largest absolute Gasteiger partial charge is 0.330 e. The van der Waals surface area contributed by atoms with E-state index in [4.69, 9.17) is 17.3 Å². The summed E-state index contributed by atoms with van der Waals surface area (Å²) in [6.07, 6.45) is 8.71. The molecule has 5 rings (SSSR count). The predicted molar refractivity (Wildman–Crippen MR) is 96.2 cm³/mol. The Morgan fingerprint density at radius 2 is 1.80 bits per heavy atom. The lowest BCUT2D eigenvalue weighted by Crippen LogP contribution is -3.14. The summed E-state index contributed by atoms with van der Waals surface area (Å²) in [4.78, 5) is 12.5. The van der Waals surface area contributed by atoms with Crippen molar-refractivity contribution in [1.29, 1.82) is 0 Å². The normalized spacial score (nSPS) is 21.7. The molecule has 8 heteroatoms. The number of nitrogens with one attached hydrogen (secondary N) is 1. The number of anilines is 1. The molecule has 0 unspecified atom stereocenters. The Balaban J connectivity index is 1.27. The number of hydrogen-bond acceptors (Lipinski definition) is 5. The van der Waals surface area contributed by atoms with Crippen molar-refractivity contribution >= 4 is 18.2 Å². The van der Waals surface area contributed by atoms with Gasteiger partial charge in [-0.1, -0.05) is 0 Å². The molecule has 2 aromatic heterocycles. The molecule has 0 radical (unpaired) electrons. The molecule has 3 fully saturated rings. The summed E-state index contributed by atoms with van der Waals surface area (Å²) < 4.78 is 5.39. The molecule has 3 aliphatic rings. The quantitative estimate of drug-likeness (QED) is 0.801. The average molecular weight is 358 g/mol. The summed E-state index contributed by atoms with van der Waals surface area (Å²) in [6, 6.07) is 2.49. The van der Waals surface area contributed by atoms with Gasteiger partial charge in [0.05, 0.1) is 26.2 Å². The van der Waals surface area contributed by atoms with Gasteiger partial charge in [0.1, 0.15) is 5.82 Å². The number of rotatable bonds is 5. The van der Waals surface area contributed by atoms with Gasteiger partial charge in [-0.2, -0.15) is 9.78 Å². The molecule has 3 heterocycles. The molecule has 0 bridgehead atoms. The summed E-state index contributed by atoms with van der Waals surface area (Å²) in [5.41, 5.74) is 0. The van der Waals surface area contributed by atoms with E-state index in [-0.39, 0.29) is 0 Å². The van der Waals surface area contributed by atoms with Gasteiger partial charge in [-0.15, -0.1) is 0 Å². The molecule has 1 aliphatic heterocycles. The Morgan fingerprint density at radius 3 is 2.44 bits per heavy atom. The van der Waals surface area contributed by atoms with E-state index in [0.717, 1.165) is 43.6 Å². The highest BCUT2D eigenvalue weighted by Gasteiger charge is 2.36. The third-order valence-corrected chi connectivity index (χ3v) is 5.84. The highest BCUT2D eigenvalue weighted by Crippen LogP contribution is 2.44. The van der Waals surface area contributed by atoms with Crippen LogP contribution in [0.2, 0.25) is 0 Å². The van der Waals surface area contributed by atoms with E-state index in [1.165, 1.54) is 36.4 Å². The number of nitrogens with zero attached hydrogens (tertiary/aromatic N) is 6. The van der Waals surface area contributed by atoms with Crippen molar-refractivity contribution in [2.45, 2.75) is 44.3 Å². The second-order valence-electron chi connectivity index (χ2n) is 7.46. The van der Waals surface area contributed by atoms with Gasteiger partial charge in [0.15, 0.2) is 6.67 Å². The second kappa shape index (κ2) is 6.17. The minimum absolute atomic E-state index is 0.624. The number of hydrogen-bond donors (Lipinski definition) is 1. The fourth-order valence-electron chi connectivity index (χ4n) is 3.68. The van der Waals surface area contributed by atoms with Crippen molar-refractivity contribution in [2.24, 2.45) is 0 Å². The van der Waals surface area contributed by atoms with Crippen LogP contribution in [-0.4, -0.2) is 50.5 Å². The highest BCUT2D eigenvalue weighted by molar-refractivity contribution is 7.71. The van der Waals surface area contributed by atoms with E-state index in [0.29, 0.717) is 12.0 Å². The molecule has 0 amide bonds. The van der Waals surface area contributed by atoms with Gasteiger partial charge in [-0.05, 0) is 44.0 Å². The van der Waals surface area contributed by atoms with Gasteiger partial charge >= 0.3 is 0 Å². The zero-order valence-electron chi connectivity index (χ0n) is 14.3. The summed E-state index contributed by atoms with van der Waals surface area (Å²) in [5, 5.41) is 4.92. The molecular formula is C17H24N7S+. The SMILES string of the molecule is S=c1n(C[NH+]2CCN(c3ncccn3)CC2)nc(C2CC2)n1C1CC1. The fraction of sp³-hybridized carbons (Fsp3) is 0.647. The molecule has 1 N–H and O–H groups in total. The monoisotopic (exact) mass is 358 g/mol. The van der Waals surface area contributed by atoms with Crippen LogP contribution < -0.4 is 9.80 Å². The number of piperazine rings is 1. The van der Waals surface area contributed by atoms with Crippen molar-refractivity contribution < 1.29 is 4.90 Å². The van der Waals surface area contributed by atoms with Crippen LogP contribution in [-0.2, 0) is 6.67 Å². The molecule has 2 aliphatic carbocycles. The molecule has 2 aromatic rings. The molecule has 0 aromatic carbocycles. The van der Waals surface area contributed by atoms with Crippen molar-refractivity contribution in [3.05, 3.63) is 29.1 Å². The third-order valence-electron chi connectivity index (χ3n) is 5.43. The van der Waals surface area contributed by atoms with Crippen LogP contribution >= 0.6 is 12.2 Å². The first kappa shape index (κ1) is 15.5. The summed E-state index contributed by atoms with van der Waals surface area (Å²) in [6.45, 7) is 4.96. The first-order valence-corrected chi connectivity index (χ1v) is 9.75. The molecule has 0 spiro atoms. The van der Waals surface area contributed by atoms with E-state index < -0.39 is 0 Å². The van der Waals surface area contributed by atoms with Crippen LogP contribution in [0.3, 0.4) is 0 Å². The first-order valence-electron chi connectivity index (χ1n) is 9.34. The van der Waals surface area contributed by atoms with Crippen LogP contribution in [0, 0.1) is 4.77 Å². The Kier molecular flexibility index (Phi) is 3.82. The molecule has 2 saturated carbocycles. The first-order chi connectivity index (χ1) is 12.3. The van der Waals surface area contributed by atoms with Gasteiger partial charge in [0.25, 0.3) is 0 Å². The van der Waals surface area contributed by atoms with Crippen molar-refractivity contribution in [1.82, 2.24) is 24.3 Å². The highest BCUT2D eigenvalue weighted by atomic mass is 32.1. The van der Waals surface area contributed by atoms with Gasteiger partial charge in [-0.3, -0.25) is 0 Å². The lowest BCUT2D eigenvalue weighted by Gasteiger charge is -2.31. The molecular weight excluding hydrogens is 334 g/mol. The molecule has 25 heavy (non-hydrogen) atoms. The average Bonchev–Trinajstić information content (AvgIpc) is 3.56. The van der Waals surface area contributed by atoms with E-state index >= 15 is 0 Å². The maximum absolute atomic E-state index is 5.76. The van der Waals surface area contributed by atoms with Crippen molar-refractivity contribution in [2.75, 3.05) is 31.1 Å². The smallest absolute Gasteiger partial charge is 0.225 e. The van der Waals surface area contributed by atoms with Crippen LogP contribution in [0.25, 0.3) is 0 Å². The van der Waals surface area contributed by atoms with Crippen LogP contribution in [0.1, 0.15) is 43.5 Å². The van der Waals surface area contributed by atoms with E-state index in [1.54, 1.807) is 0 Å². The van der Waals surface area contributed by atoms with Crippen molar-refractivity contribution in [3.63, 3.8) is 0 Å². The molecule has 132 valence electrons. The number of aromatic nitrogens is 5. The molecule has 7 nitrogen and oxygen atoms in total. The maximum Gasteiger partial charge on any atom is 0.225 e. The van der Waals surface area contributed by atoms with Crippen LogP contribution in [0.4, 0.5) is 5.95 Å². The Bertz CT molecular complexity index is 798. The Labute approximate surface area is 152 Å². The molecule has 0 atom stereocenters. The summed E-state index contributed by atoms with van der Waals surface area (Å²) >= 11 is 5.76. The number of quaternary nitrogens is 1. The van der Waals surface area contributed by atoms with Crippen LogP contribution in [0.5, 0.6) is 0 Å². The maximum atomic E-state index is 5.76. The van der Waals surface area contributed by atoms with E-state index in [1.807, 2.05) is 18.5 Å². The lowest BCUT2D eigenvalue weighted by molar-refractivity contribution is -0.924. The lowest BCUT2D eigenvalue weighted by atomic mass is 10.3.